The van der Waals surface area contributed by atoms with E-state index in [4.69, 9.17) is 40.6 Å². The maximum Gasteiger partial charge on any atom is 0.0439 e. The first kappa shape index (κ1) is 15.6. The van der Waals surface area contributed by atoms with Crippen LogP contribution in [0.2, 0.25) is 15.1 Å². The lowest BCUT2D eigenvalue weighted by molar-refractivity contribution is 0.522. The van der Waals surface area contributed by atoms with Gasteiger partial charge in [-0.05, 0) is 48.2 Å². The Morgan fingerprint density at radius 1 is 0.900 bits per heavy atom. The molecule has 2 aromatic rings. The van der Waals surface area contributed by atoms with E-state index in [1.165, 1.54) is 0 Å². The second-order valence-electron chi connectivity index (χ2n) is 4.60. The highest BCUT2D eigenvalue weighted by atomic mass is 35.5. The predicted octanol–water partition coefficient (Wildman–Crippen LogP) is 4.26. The standard InChI is InChI=1S/C15H15Cl3N2/c16-12-5-6-15(18)11(7-12)9-13(20-19)8-10-3-1-2-4-14(10)17/h1-7,13,20H,8-9,19H2. The van der Waals surface area contributed by atoms with Gasteiger partial charge >= 0.3 is 0 Å². The third-order valence-corrected chi connectivity index (χ3v) is 4.11. The van der Waals surface area contributed by atoms with E-state index in [-0.39, 0.29) is 6.04 Å². The van der Waals surface area contributed by atoms with Crippen LogP contribution in [0, 0.1) is 0 Å². The van der Waals surface area contributed by atoms with E-state index in [0.717, 1.165) is 22.6 Å². The van der Waals surface area contributed by atoms with Gasteiger partial charge in [0.25, 0.3) is 0 Å². The second kappa shape index (κ2) is 7.30. The van der Waals surface area contributed by atoms with E-state index in [9.17, 15) is 0 Å². The molecule has 0 heterocycles. The SMILES string of the molecule is NNC(Cc1ccccc1Cl)Cc1cc(Cl)ccc1Cl. The fourth-order valence-corrected chi connectivity index (χ4v) is 2.69. The number of hydrogen-bond donors (Lipinski definition) is 2. The summed E-state index contributed by atoms with van der Waals surface area (Å²) in [7, 11) is 0. The van der Waals surface area contributed by atoms with Crippen LogP contribution in [0.25, 0.3) is 0 Å². The Morgan fingerprint density at radius 3 is 2.25 bits per heavy atom. The largest absolute Gasteiger partial charge is 0.271 e. The van der Waals surface area contributed by atoms with Crippen LogP contribution in [0.1, 0.15) is 11.1 Å². The van der Waals surface area contributed by atoms with Crippen molar-refractivity contribution >= 4 is 34.8 Å². The monoisotopic (exact) mass is 328 g/mol. The van der Waals surface area contributed by atoms with Gasteiger partial charge in [0.2, 0.25) is 0 Å². The normalized spacial score (nSPS) is 12.4. The molecule has 3 N–H and O–H groups in total. The number of benzene rings is 2. The van der Waals surface area contributed by atoms with Crippen molar-refractivity contribution in [2.75, 3.05) is 0 Å². The van der Waals surface area contributed by atoms with E-state index in [1.807, 2.05) is 30.3 Å². The minimum Gasteiger partial charge on any atom is -0.271 e. The van der Waals surface area contributed by atoms with Crippen molar-refractivity contribution < 1.29 is 0 Å². The third kappa shape index (κ3) is 4.11. The minimum absolute atomic E-state index is 0.0332. The molecule has 0 spiro atoms. The maximum atomic E-state index is 6.18. The predicted molar refractivity (Wildman–Crippen MR) is 86.4 cm³/mol. The van der Waals surface area contributed by atoms with Gasteiger partial charge in [0.1, 0.15) is 0 Å². The Morgan fingerprint density at radius 2 is 1.55 bits per heavy atom. The number of nitrogens with one attached hydrogen (secondary N) is 1. The van der Waals surface area contributed by atoms with Crippen LogP contribution in [0.15, 0.2) is 42.5 Å². The fourth-order valence-electron chi connectivity index (χ4n) is 2.08. The zero-order chi connectivity index (χ0) is 14.5. The summed E-state index contributed by atoms with van der Waals surface area (Å²) in [4.78, 5) is 0. The molecule has 0 aromatic heterocycles. The van der Waals surface area contributed by atoms with Crippen molar-refractivity contribution in [3.8, 4) is 0 Å². The lowest BCUT2D eigenvalue weighted by Gasteiger charge is -2.17. The molecular formula is C15H15Cl3N2. The molecule has 2 rings (SSSR count). The molecule has 0 aliphatic carbocycles. The van der Waals surface area contributed by atoms with E-state index in [0.29, 0.717) is 16.5 Å². The average molecular weight is 330 g/mol. The Labute approximate surface area is 133 Å². The topological polar surface area (TPSA) is 38.0 Å². The summed E-state index contributed by atoms with van der Waals surface area (Å²) in [6, 6.07) is 13.2. The van der Waals surface area contributed by atoms with Crippen molar-refractivity contribution in [2.45, 2.75) is 18.9 Å². The highest BCUT2D eigenvalue weighted by Gasteiger charge is 2.13. The quantitative estimate of drug-likeness (QED) is 0.635. The molecule has 2 nitrogen and oxygen atoms in total. The molecule has 1 unspecified atom stereocenters. The van der Waals surface area contributed by atoms with Crippen molar-refractivity contribution in [3.63, 3.8) is 0 Å². The number of rotatable bonds is 5. The first-order chi connectivity index (χ1) is 9.60. The molecule has 0 saturated carbocycles. The van der Waals surface area contributed by atoms with Crippen LogP contribution in [0.4, 0.5) is 0 Å². The number of halogens is 3. The van der Waals surface area contributed by atoms with Crippen molar-refractivity contribution in [3.05, 3.63) is 68.7 Å². The van der Waals surface area contributed by atoms with Gasteiger partial charge in [-0.25, -0.2) is 0 Å². The molecule has 20 heavy (non-hydrogen) atoms. The van der Waals surface area contributed by atoms with Gasteiger partial charge in [0.15, 0.2) is 0 Å². The highest BCUT2D eigenvalue weighted by molar-refractivity contribution is 6.33. The molecule has 0 saturated heterocycles. The molecule has 1 atom stereocenters. The molecule has 106 valence electrons. The number of hydrogen-bond acceptors (Lipinski definition) is 2. The first-order valence-corrected chi connectivity index (χ1v) is 7.37. The van der Waals surface area contributed by atoms with Crippen LogP contribution in [-0.4, -0.2) is 6.04 Å². The van der Waals surface area contributed by atoms with Crippen molar-refractivity contribution in [1.82, 2.24) is 5.43 Å². The molecule has 0 radical (unpaired) electrons. The molecular weight excluding hydrogens is 315 g/mol. The Kier molecular flexibility index (Phi) is 5.70. The zero-order valence-electron chi connectivity index (χ0n) is 10.7. The summed E-state index contributed by atoms with van der Waals surface area (Å²) < 4.78 is 0. The van der Waals surface area contributed by atoms with Crippen molar-refractivity contribution in [1.29, 1.82) is 0 Å². The van der Waals surface area contributed by atoms with E-state index in [2.05, 4.69) is 5.43 Å². The Bertz CT molecular complexity index is 587. The zero-order valence-corrected chi connectivity index (χ0v) is 13.0. The highest BCUT2D eigenvalue weighted by Crippen LogP contribution is 2.23. The molecule has 5 heteroatoms. The molecule has 0 fully saturated rings. The van der Waals surface area contributed by atoms with Crippen molar-refractivity contribution in [2.24, 2.45) is 5.84 Å². The lowest BCUT2D eigenvalue weighted by Crippen LogP contribution is -2.38. The lowest BCUT2D eigenvalue weighted by atomic mass is 9.99. The summed E-state index contributed by atoms with van der Waals surface area (Å²) >= 11 is 18.3. The van der Waals surface area contributed by atoms with E-state index >= 15 is 0 Å². The van der Waals surface area contributed by atoms with Crippen LogP contribution in [0.5, 0.6) is 0 Å². The Hall–Kier alpha value is -0.770. The molecule has 0 aliphatic rings. The van der Waals surface area contributed by atoms with Crippen LogP contribution in [-0.2, 0) is 12.8 Å². The summed E-state index contributed by atoms with van der Waals surface area (Å²) in [5, 5.41) is 2.09. The maximum absolute atomic E-state index is 6.18. The minimum atomic E-state index is 0.0332. The summed E-state index contributed by atoms with van der Waals surface area (Å²) in [5.41, 5.74) is 4.83. The molecule has 0 aliphatic heterocycles. The van der Waals surface area contributed by atoms with Gasteiger partial charge in [0, 0.05) is 21.1 Å². The third-order valence-electron chi connectivity index (χ3n) is 3.13. The Balaban J connectivity index is 2.13. The summed E-state index contributed by atoms with van der Waals surface area (Å²) in [6.07, 6.45) is 1.40. The molecule has 2 aromatic carbocycles. The number of hydrazine groups is 1. The molecule has 0 bridgehead atoms. The van der Waals surface area contributed by atoms with Crippen LogP contribution >= 0.6 is 34.8 Å². The average Bonchev–Trinajstić information content (AvgIpc) is 2.44. The summed E-state index contributed by atoms with van der Waals surface area (Å²) in [5.74, 6) is 5.64. The molecule has 0 amide bonds. The second-order valence-corrected chi connectivity index (χ2v) is 5.85. The fraction of sp³-hybridized carbons (Fsp3) is 0.200. The van der Waals surface area contributed by atoms with Crippen LogP contribution < -0.4 is 11.3 Å². The van der Waals surface area contributed by atoms with Gasteiger partial charge in [-0.1, -0.05) is 53.0 Å². The summed E-state index contributed by atoms with van der Waals surface area (Å²) in [6.45, 7) is 0. The first-order valence-electron chi connectivity index (χ1n) is 6.23. The van der Waals surface area contributed by atoms with Gasteiger partial charge in [-0.15, -0.1) is 0 Å². The van der Waals surface area contributed by atoms with Gasteiger partial charge in [-0.2, -0.15) is 0 Å². The number of nitrogens with two attached hydrogens (primary N) is 1. The van der Waals surface area contributed by atoms with E-state index < -0.39 is 0 Å². The smallest absolute Gasteiger partial charge is 0.0439 e. The van der Waals surface area contributed by atoms with Crippen LogP contribution in [0.3, 0.4) is 0 Å². The van der Waals surface area contributed by atoms with Gasteiger partial charge in [0.05, 0.1) is 0 Å². The van der Waals surface area contributed by atoms with E-state index in [1.54, 1.807) is 12.1 Å². The van der Waals surface area contributed by atoms with Gasteiger partial charge in [-0.3, -0.25) is 11.3 Å². The van der Waals surface area contributed by atoms with Gasteiger partial charge < -0.3 is 0 Å².